The van der Waals surface area contributed by atoms with Crippen molar-refractivity contribution in [3.63, 3.8) is 0 Å². The van der Waals surface area contributed by atoms with Crippen LogP contribution in [0.1, 0.15) is 22.8 Å². The minimum absolute atomic E-state index is 0.136. The molecule has 0 saturated heterocycles. The Morgan fingerprint density at radius 1 is 1.03 bits per heavy atom. The first-order chi connectivity index (χ1) is 14.3. The summed E-state index contributed by atoms with van der Waals surface area (Å²) in [5.74, 6) is -0.572. The minimum atomic E-state index is -4.41. The van der Waals surface area contributed by atoms with Gasteiger partial charge in [-0.2, -0.15) is 13.2 Å². The lowest BCUT2D eigenvalue weighted by molar-refractivity contribution is -0.137. The van der Waals surface area contributed by atoms with Crippen LogP contribution in [-0.4, -0.2) is 22.5 Å². The van der Waals surface area contributed by atoms with Crippen LogP contribution in [0.5, 0.6) is 0 Å². The number of carbonyl (C=O) groups excluding carboxylic acids is 1. The van der Waals surface area contributed by atoms with Crippen molar-refractivity contribution in [2.75, 3.05) is 11.4 Å². The molecular weight excluding hydrogens is 417 g/mol. The van der Waals surface area contributed by atoms with Gasteiger partial charge in [0.15, 0.2) is 6.10 Å². The normalized spacial score (nSPS) is 12.4. The third-order valence-electron chi connectivity index (χ3n) is 4.54. The molecule has 1 heterocycles. The number of rotatable bonds is 6. The smallest absolute Gasteiger partial charge is 0.378 e. The summed E-state index contributed by atoms with van der Waals surface area (Å²) in [6.45, 7) is 0.136. The van der Waals surface area contributed by atoms with Crippen molar-refractivity contribution in [1.82, 2.24) is 4.98 Å². The molecule has 8 heteroatoms. The number of anilines is 1. The van der Waals surface area contributed by atoms with Gasteiger partial charge in [0, 0.05) is 6.54 Å². The van der Waals surface area contributed by atoms with Gasteiger partial charge in [-0.1, -0.05) is 54.1 Å². The summed E-state index contributed by atoms with van der Waals surface area (Å²) < 4.78 is 38.2. The average Bonchev–Trinajstić information content (AvgIpc) is 2.74. The molecule has 4 nitrogen and oxygen atoms in total. The van der Waals surface area contributed by atoms with Crippen LogP contribution in [0.4, 0.5) is 18.9 Å². The maximum atomic E-state index is 13.0. The summed E-state index contributed by atoms with van der Waals surface area (Å²) in [6, 6.07) is 16.3. The number of hydrogen-bond acceptors (Lipinski definition) is 3. The fourth-order valence-electron chi connectivity index (χ4n) is 2.92. The minimum Gasteiger partial charge on any atom is -0.378 e. The molecule has 1 atom stereocenters. The number of amides is 1. The Morgan fingerprint density at radius 3 is 2.27 bits per heavy atom. The molecule has 0 unspecified atom stereocenters. The van der Waals surface area contributed by atoms with Gasteiger partial charge >= 0.3 is 6.18 Å². The second-order valence-corrected chi connectivity index (χ2v) is 6.97. The standard InChI is InChI=1S/C22H18ClF3N2O2/c23-19-11-10-18(14-27-19)28(21(30)20(29)16-4-2-1-3-5-16)13-12-15-6-8-17(9-7-15)22(24,25)26/h1-11,14,20,29H,12-13H2/t20-/m1/s1. The van der Waals surface area contributed by atoms with Crippen molar-refractivity contribution < 1.29 is 23.1 Å². The Morgan fingerprint density at radius 2 is 1.70 bits per heavy atom. The van der Waals surface area contributed by atoms with E-state index >= 15 is 0 Å². The molecule has 0 radical (unpaired) electrons. The largest absolute Gasteiger partial charge is 0.416 e. The van der Waals surface area contributed by atoms with E-state index in [9.17, 15) is 23.1 Å². The predicted octanol–water partition coefficient (Wildman–Crippen LogP) is 5.06. The number of halogens is 4. The van der Waals surface area contributed by atoms with E-state index < -0.39 is 23.8 Å². The maximum Gasteiger partial charge on any atom is 0.416 e. The molecule has 30 heavy (non-hydrogen) atoms. The zero-order valence-corrected chi connectivity index (χ0v) is 16.4. The fraction of sp³-hybridized carbons (Fsp3) is 0.182. The number of benzene rings is 2. The second kappa shape index (κ2) is 9.28. The van der Waals surface area contributed by atoms with Gasteiger partial charge in [0.2, 0.25) is 0 Å². The van der Waals surface area contributed by atoms with Gasteiger partial charge in [0.05, 0.1) is 17.4 Å². The Hall–Kier alpha value is -2.90. The number of hydrogen-bond donors (Lipinski definition) is 1. The van der Waals surface area contributed by atoms with Crippen LogP contribution in [0.3, 0.4) is 0 Å². The van der Waals surface area contributed by atoms with Crippen molar-refractivity contribution in [2.45, 2.75) is 18.7 Å². The van der Waals surface area contributed by atoms with Crippen LogP contribution in [0, 0.1) is 0 Å². The number of nitrogens with zero attached hydrogens (tertiary/aromatic N) is 2. The van der Waals surface area contributed by atoms with Crippen molar-refractivity contribution in [3.05, 3.63) is 94.8 Å². The van der Waals surface area contributed by atoms with E-state index in [0.717, 1.165) is 12.1 Å². The van der Waals surface area contributed by atoms with Crippen LogP contribution in [-0.2, 0) is 17.4 Å². The monoisotopic (exact) mass is 434 g/mol. The molecule has 1 amide bonds. The Labute approximate surface area is 176 Å². The van der Waals surface area contributed by atoms with Crippen LogP contribution in [0.2, 0.25) is 5.15 Å². The molecule has 3 rings (SSSR count). The molecule has 0 fully saturated rings. The Kier molecular flexibility index (Phi) is 6.74. The van der Waals surface area contributed by atoms with Gasteiger partial charge in [-0.3, -0.25) is 4.79 Å². The van der Waals surface area contributed by atoms with E-state index in [1.807, 2.05) is 0 Å². The molecule has 0 aliphatic rings. The molecule has 0 saturated carbocycles. The number of carbonyl (C=O) groups is 1. The summed E-state index contributed by atoms with van der Waals surface area (Å²) in [7, 11) is 0. The number of aliphatic hydroxyl groups excluding tert-OH is 1. The number of aliphatic hydroxyl groups is 1. The van der Waals surface area contributed by atoms with Gasteiger partial charge < -0.3 is 10.0 Å². The average molecular weight is 435 g/mol. The third kappa shape index (κ3) is 5.37. The highest BCUT2D eigenvalue weighted by Gasteiger charge is 2.30. The zero-order chi connectivity index (χ0) is 21.7. The van der Waals surface area contributed by atoms with Gasteiger partial charge in [0.1, 0.15) is 5.15 Å². The topological polar surface area (TPSA) is 53.4 Å². The van der Waals surface area contributed by atoms with Crippen LogP contribution >= 0.6 is 11.6 Å². The molecule has 0 aliphatic carbocycles. The Balaban J connectivity index is 1.81. The van der Waals surface area contributed by atoms with Crippen LogP contribution in [0.15, 0.2) is 72.9 Å². The first kappa shape index (κ1) is 21.8. The van der Waals surface area contributed by atoms with Gasteiger partial charge in [-0.15, -0.1) is 0 Å². The summed E-state index contributed by atoms with van der Waals surface area (Å²) in [4.78, 5) is 18.3. The van der Waals surface area contributed by atoms with Crippen molar-refractivity contribution in [2.24, 2.45) is 0 Å². The molecule has 1 N–H and O–H groups in total. The molecule has 1 aromatic heterocycles. The van der Waals surface area contributed by atoms with E-state index in [-0.39, 0.29) is 18.1 Å². The molecule has 3 aromatic rings. The van der Waals surface area contributed by atoms with E-state index in [1.54, 1.807) is 36.4 Å². The second-order valence-electron chi connectivity index (χ2n) is 6.59. The quantitative estimate of drug-likeness (QED) is 0.551. The maximum absolute atomic E-state index is 13.0. The third-order valence-corrected chi connectivity index (χ3v) is 4.77. The first-order valence-corrected chi connectivity index (χ1v) is 9.45. The lowest BCUT2D eigenvalue weighted by atomic mass is 10.1. The SMILES string of the molecule is O=C([C@H](O)c1ccccc1)N(CCc1ccc(C(F)(F)F)cc1)c1ccc(Cl)nc1. The highest BCUT2D eigenvalue weighted by atomic mass is 35.5. The molecule has 156 valence electrons. The van der Waals surface area contributed by atoms with Gasteiger partial charge in [-0.25, -0.2) is 4.98 Å². The summed E-state index contributed by atoms with van der Waals surface area (Å²) >= 11 is 5.82. The van der Waals surface area contributed by atoms with Gasteiger partial charge in [0.25, 0.3) is 5.91 Å². The lowest BCUT2D eigenvalue weighted by Gasteiger charge is -2.25. The van der Waals surface area contributed by atoms with Crippen molar-refractivity contribution in [3.8, 4) is 0 Å². The molecule has 0 aliphatic heterocycles. The number of alkyl halides is 3. The van der Waals surface area contributed by atoms with E-state index in [0.29, 0.717) is 16.8 Å². The number of pyridine rings is 1. The lowest BCUT2D eigenvalue weighted by Crippen LogP contribution is -2.37. The highest BCUT2D eigenvalue weighted by molar-refractivity contribution is 6.29. The summed E-state index contributed by atoms with van der Waals surface area (Å²) in [5.41, 5.74) is 0.743. The van der Waals surface area contributed by atoms with Crippen LogP contribution < -0.4 is 4.90 Å². The van der Waals surface area contributed by atoms with E-state index in [1.165, 1.54) is 29.3 Å². The predicted molar refractivity (Wildman–Crippen MR) is 108 cm³/mol. The highest BCUT2D eigenvalue weighted by Crippen LogP contribution is 2.29. The Bertz CT molecular complexity index is 978. The molecule has 2 aromatic carbocycles. The fourth-order valence-corrected chi connectivity index (χ4v) is 3.03. The number of aromatic nitrogens is 1. The van der Waals surface area contributed by atoms with Crippen molar-refractivity contribution >= 4 is 23.2 Å². The van der Waals surface area contributed by atoms with E-state index in [2.05, 4.69) is 4.98 Å². The molecule has 0 spiro atoms. The zero-order valence-electron chi connectivity index (χ0n) is 15.7. The van der Waals surface area contributed by atoms with Crippen LogP contribution in [0.25, 0.3) is 0 Å². The van der Waals surface area contributed by atoms with E-state index in [4.69, 9.17) is 11.6 Å². The summed E-state index contributed by atoms with van der Waals surface area (Å²) in [6.07, 6.45) is -4.11. The van der Waals surface area contributed by atoms with Gasteiger partial charge in [-0.05, 0) is 41.8 Å². The first-order valence-electron chi connectivity index (χ1n) is 9.08. The molecule has 0 bridgehead atoms. The van der Waals surface area contributed by atoms with Crippen molar-refractivity contribution in [1.29, 1.82) is 0 Å². The summed E-state index contributed by atoms with van der Waals surface area (Å²) in [5, 5.41) is 10.8. The molecular formula is C22H18ClF3N2O2.